The van der Waals surface area contributed by atoms with Crippen LogP contribution >= 0.6 is 11.6 Å². The van der Waals surface area contributed by atoms with E-state index in [0.29, 0.717) is 23.3 Å². The minimum atomic E-state index is -0.502. The first-order chi connectivity index (χ1) is 17.0. The Morgan fingerprint density at radius 2 is 1.83 bits per heavy atom. The Hall–Kier alpha value is -4.10. The molecular weight excluding hydrogens is 464 g/mol. The Kier molecular flexibility index (Phi) is 6.25. The first-order valence-electron chi connectivity index (χ1n) is 11.1. The van der Waals surface area contributed by atoms with Crippen LogP contribution in [0, 0.1) is 0 Å². The van der Waals surface area contributed by atoms with Gasteiger partial charge in [-0.15, -0.1) is 0 Å². The molecule has 5 rings (SSSR count). The molecule has 0 fully saturated rings. The quantitative estimate of drug-likeness (QED) is 0.356. The van der Waals surface area contributed by atoms with Gasteiger partial charge in [0.05, 0.1) is 25.3 Å². The highest BCUT2D eigenvalue weighted by Crippen LogP contribution is 2.38. The number of carbonyl (C=O) groups is 1. The van der Waals surface area contributed by atoms with Crippen molar-refractivity contribution >= 4 is 23.2 Å². The molecule has 8 heteroatoms. The van der Waals surface area contributed by atoms with E-state index in [-0.39, 0.29) is 6.03 Å². The summed E-state index contributed by atoms with van der Waals surface area (Å²) < 4.78 is 11.0. The van der Waals surface area contributed by atoms with E-state index in [9.17, 15) is 4.79 Å². The van der Waals surface area contributed by atoms with Crippen molar-refractivity contribution in [1.29, 1.82) is 0 Å². The number of methoxy groups -OCH3 is 1. The number of allylic oxidation sites excluding steroid dienone is 1. The molecule has 1 aromatic heterocycles. The second-order valence-electron chi connectivity index (χ2n) is 8.16. The Bertz CT molecular complexity index is 1380. The third-order valence-electron chi connectivity index (χ3n) is 5.97. The molecule has 0 aliphatic carbocycles. The summed E-state index contributed by atoms with van der Waals surface area (Å²) in [5, 5.41) is 7.87. The summed E-state index contributed by atoms with van der Waals surface area (Å²) in [5.41, 5.74) is 4.06. The van der Waals surface area contributed by atoms with Crippen molar-refractivity contribution in [2.45, 2.75) is 19.5 Å². The molecule has 0 spiro atoms. The molecule has 3 aromatic carbocycles. The lowest BCUT2D eigenvalue weighted by Gasteiger charge is -2.35. The maximum absolute atomic E-state index is 13.3. The van der Waals surface area contributed by atoms with Crippen LogP contribution in [0.4, 0.5) is 4.79 Å². The third-order valence-corrected chi connectivity index (χ3v) is 6.20. The topological polar surface area (TPSA) is 80.5 Å². The number of nitrogens with one attached hydrogen (secondary N) is 1. The van der Waals surface area contributed by atoms with Gasteiger partial charge in [0.15, 0.2) is 0 Å². The number of aromatic nitrogens is 2. The monoisotopic (exact) mass is 486 g/mol. The Morgan fingerprint density at radius 3 is 2.54 bits per heavy atom. The van der Waals surface area contributed by atoms with E-state index in [0.717, 1.165) is 33.7 Å². The zero-order valence-corrected chi connectivity index (χ0v) is 20.0. The number of hydrogen-bond acceptors (Lipinski definition) is 5. The number of amides is 2. The first-order valence-corrected chi connectivity index (χ1v) is 11.5. The van der Waals surface area contributed by atoms with E-state index in [1.54, 1.807) is 18.1 Å². The van der Waals surface area contributed by atoms with Crippen molar-refractivity contribution in [3.05, 3.63) is 107 Å². The fourth-order valence-corrected chi connectivity index (χ4v) is 4.33. The van der Waals surface area contributed by atoms with Crippen molar-refractivity contribution in [2.24, 2.45) is 0 Å². The minimum absolute atomic E-state index is 0.227. The van der Waals surface area contributed by atoms with Gasteiger partial charge < -0.3 is 14.6 Å². The average molecular weight is 487 g/mol. The molecule has 2 heterocycles. The molecule has 1 N–H and O–H groups in total. The Balaban J connectivity index is 1.58. The van der Waals surface area contributed by atoms with Crippen LogP contribution in [0.2, 0.25) is 5.02 Å². The molecule has 1 aliphatic heterocycles. The molecular formula is C27H23ClN4O3. The molecule has 35 heavy (non-hydrogen) atoms. The zero-order valence-electron chi connectivity index (χ0n) is 19.2. The Labute approximate surface area is 208 Å². The van der Waals surface area contributed by atoms with Gasteiger partial charge in [0.1, 0.15) is 5.75 Å². The van der Waals surface area contributed by atoms with Crippen LogP contribution in [0.25, 0.3) is 17.0 Å². The largest absolute Gasteiger partial charge is 0.497 e. The van der Waals surface area contributed by atoms with Crippen molar-refractivity contribution in [3.8, 4) is 17.1 Å². The van der Waals surface area contributed by atoms with E-state index in [1.165, 1.54) is 0 Å². The number of rotatable bonds is 6. The van der Waals surface area contributed by atoms with Gasteiger partial charge in [-0.05, 0) is 42.3 Å². The van der Waals surface area contributed by atoms with Gasteiger partial charge in [-0.1, -0.05) is 71.4 Å². The predicted octanol–water partition coefficient (Wildman–Crippen LogP) is 6.10. The van der Waals surface area contributed by atoms with Gasteiger partial charge in [-0.3, -0.25) is 4.90 Å². The molecule has 0 saturated carbocycles. The van der Waals surface area contributed by atoms with Crippen LogP contribution in [0.5, 0.6) is 5.75 Å². The lowest BCUT2D eigenvalue weighted by atomic mass is 9.94. The number of carbonyl (C=O) groups excluding carboxylic acids is 1. The maximum atomic E-state index is 13.3. The minimum Gasteiger partial charge on any atom is -0.497 e. The van der Waals surface area contributed by atoms with Gasteiger partial charge in [-0.25, -0.2) is 4.79 Å². The van der Waals surface area contributed by atoms with Gasteiger partial charge >= 0.3 is 6.03 Å². The van der Waals surface area contributed by atoms with Gasteiger partial charge in [0.2, 0.25) is 5.82 Å². The highest BCUT2D eigenvalue weighted by molar-refractivity contribution is 6.30. The van der Waals surface area contributed by atoms with E-state index in [4.69, 9.17) is 20.9 Å². The van der Waals surface area contributed by atoms with Crippen molar-refractivity contribution in [2.75, 3.05) is 7.11 Å². The molecule has 1 unspecified atom stereocenters. The molecule has 0 saturated heterocycles. The first kappa shape index (κ1) is 22.7. The summed E-state index contributed by atoms with van der Waals surface area (Å²) in [6.07, 6.45) is 0. The lowest BCUT2D eigenvalue weighted by Crippen LogP contribution is -2.45. The molecule has 1 aliphatic rings. The normalized spacial score (nSPS) is 15.8. The van der Waals surface area contributed by atoms with Crippen LogP contribution < -0.4 is 10.1 Å². The molecule has 2 amide bonds. The SMILES string of the molecule is COc1ccc(CN2C(=O)NC(c3cccc(Cl)c3)C(c3nc(-c4ccccc4)no3)=C2C)cc1. The number of nitrogens with zero attached hydrogens (tertiary/aromatic N) is 3. The summed E-state index contributed by atoms with van der Waals surface area (Å²) >= 11 is 6.27. The number of urea groups is 1. The fourth-order valence-electron chi connectivity index (χ4n) is 4.14. The highest BCUT2D eigenvalue weighted by Gasteiger charge is 2.36. The predicted molar refractivity (Wildman–Crippen MR) is 134 cm³/mol. The number of benzene rings is 3. The summed E-state index contributed by atoms with van der Waals surface area (Å²) in [7, 11) is 1.62. The molecule has 1 atom stereocenters. The molecule has 7 nitrogen and oxygen atoms in total. The second-order valence-corrected chi connectivity index (χ2v) is 8.60. The van der Waals surface area contributed by atoms with Crippen LogP contribution in [-0.4, -0.2) is 28.2 Å². The van der Waals surface area contributed by atoms with Crippen LogP contribution in [-0.2, 0) is 6.54 Å². The number of halogens is 1. The van der Waals surface area contributed by atoms with Crippen LogP contribution in [0.3, 0.4) is 0 Å². The smallest absolute Gasteiger partial charge is 0.322 e. The molecule has 0 radical (unpaired) electrons. The number of hydrogen-bond donors (Lipinski definition) is 1. The van der Waals surface area contributed by atoms with Gasteiger partial charge in [0.25, 0.3) is 5.89 Å². The van der Waals surface area contributed by atoms with Gasteiger partial charge in [-0.2, -0.15) is 4.98 Å². The maximum Gasteiger partial charge on any atom is 0.322 e. The number of ether oxygens (including phenoxy) is 1. The standard InChI is InChI=1S/C27H23ClN4O3/c1-17-23(26-30-25(31-35-26)19-7-4-3-5-8-19)24(20-9-6-10-21(28)15-20)29-27(33)32(17)16-18-11-13-22(34-2)14-12-18/h3-15,24H,16H2,1-2H3,(H,29,33). The zero-order chi connectivity index (χ0) is 24.4. The highest BCUT2D eigenvalue weighted by atomic mass is 35.5. The summed E-state index contributed by atoms with van der Waals surface area (Å²) in [4.78, 5) is 19.6. The van der Waals surface area contributed by atoms with E-state index in [1.807, 2.05) is 79.7 Å². The van der Waals surface area contributed by atoms with E-state index >= 15 is 0 Å². The summed E-state index contributed by atoms with van der Waals surface area (Å²) in [5.74, 6) is 1.57. The third kappa shape index (κ3) is 4.63. The van der Waals surface area contributed by atoms with Crippen molar-refractivity contribution in [1.82, 2.24) is 20.4 Å². The Morgan fingerprint density at radius 1 is 1.06 bits per heavy atom. The van der Waals surface area contributed by atoms with Crippen LogP contribution in [0.1, 0.15) is 30.0 Å². The van der Waals surface area contributed by atoms with Crippen LogP contribution in [0.15, 0.2) is 89.1 Å². The van der Waals surface area contributed by atoms with E-state index in [2.05, 4.69) is 15.5 Å². The van der Waals surface area contributed by atoms with Crippen molar-refractivity contribution in [3.63, 3.8) is 0 Å². The summed E-state index contributed by atoms with van der Waals surface area (Å²) in [6, 6.07) is 23.9. The average Bonchev–Trinajstić information content (AvgIpc) is 3.37. The summed E-state index contributed by atoms with van der Waals surface area (Å²) in [6.45, 7) is 2.26. The molecule has 4 aromatic rings. The lowest BCUT2D eigenvalue weighted by molar-refractivity contribution is 0.203. The van der Waals surface area contributed by atoms with E-state index < -0.39 is 6.04 Å². The molecule has 176 valence electrons. The van der Waals surface area contributed by atoms with Crippen molar-refractivity contribution < 1.29 is 14.1 Å². The second kappa shape index (κ2) is 9.64. The van der Waals surface area contributed by atoms with Gasteiger partial charge in [0, 0.05) is 16.3 Å². The fraction of sp³-hybridized carbons (Fsp3) is 0.148. The molecule has 0 bridgehead atoms.